The maximum Gasteiger partial charge on any atom is 0.225 e. The number of carbonyl (C=O) groups is 2. The van der Waals surface area contributed by atoms with E-state index in [0.717, 1.165) is 24.8 Å². The number of hydrogen-bond donors (Lipinski definition) is 0. The fourth-order valence-electron chi connectivity index (χ4n) is 3.76. The standard InChI is InChI=1S/C21H28N2O2/c24-20(13-7-4-10-18-8-2-1-3-9-18)22-14-16-23(17-15-22)21(25)19-11-5-6-12-19/h1-4,8-10,19H,5-7,11-17H2/b10-4-. The van der Waals surface area contributed by atoms with E-state index in [9.17, 15) is 9.59 Å². The van der Waals surface area contributed by atoms with Crippen molar-refractivity contribution in [3.63, 3.8) is 0 Å². The number of amides is 2. The highest BCUT2D eigenvalue weighted by Gasteiger charge is 2.30. The summed E-state index contributed by atoms with van der Waals surface area (Å²) in [7, 11) is 0. The van der Waals surface area contributed by atoms with Gasteiger partial charge in [-0.1, -0.05) is 55.3 Å². The zero-order valence-electron chi connectivity index (χ0n) is 14.9. The summed E-state index contributed by atoms with van der Waals surface area (Å²) in [6.07, 6.45) is 9.89. The predicted molar refractivity (Wildman–Crippen MR) is 99.8 cm³/mol. The van der Waals surface area contributed by atoms with E-state index in [1.54, 1.807) is 0 Å². The minimum absolute atomic E-state index is 0.200. The van der Waals surface area contributed by atoms with Gasteiger partial charge in [0.1, 0.15) is 0 Å². The highest BCUT2D eigenvalue weighted by Crippen LogP contribution is 2.27. The topological polar surface area (TPSA) is 40.6 Å². The first kappa shape index (κ1) is 17.7. The van der Waals surface area contributed by atoms with Crippen LogP contribution in [-0.4, -0.2) is 47.8 Å². The van der Waals surface area contributed by atoms with E-state index in [-0.39, 0.29) is 11.8 Å². The lowest BCUT2D eigenvalue weighted by Crippen LogP contribution is -2.51. The summed E-state index contributed by atoms with van der Waals surface area (Å²) in [5.74, 6) is 0.756. The van der Waals surface area contributed by atoms with E-state index in [1.165, 1.54) is 12.8 Å². The van der Waals surface area contributed by atoms with Crippen molar-refractivity contribution in [2.24, 2.45) is 5.92 Å². The van der Waals surface area contributed by atoms with E-state index in [2.05, 4.69) is 24.3 Å². The van der Waals surface area contributed by atoms with Crippen LogP contribution in [0.1, 0.15) is 44.1 Å². The Labute approximate surface area is 150 Å². The summed E-state index contributed by atoms with van der Waals surface area (Å²) in [5, 5.41) is 0. The second kappa shape index (κ2) is 8.84. The highest BCUT2D eigenvalue weighted by atomic mass is 16.2. The Morgan fingerprint density at radius 3 is 2.28 bits per heavy atom. The molecule has 1 aromatic rings. The van der Waals surface area contributed by atoms with Crippen LogP contribution >= 0.6 is 0 Å². The SMILES string of the molecule is O=C(CC/C=C\c1ccccc1)N1CCN(C(=O)C2CCCC2)CC1. The molecule has 0 unspecified atom stereocenters. The third-order valence-corrected chi connectivity index (χ3v) is 5.28. The number of nitrogens with zero attached hydrogens (tertiary/aromatic N) is 2. The van der Waals surface area contributed by atoms with Gasteiger partial charge >= 0.3 is 0 Å². The molecular weight excluding hydrogens is 312 g/mol. The third kappa shape index (κ3) is 4.94. The zero-order chi connectivity index (χ0) is 17.5. The van der Waals surface area contributed by atoms with Crippen molar-refractivity contribution in [3.05, 3.63) is 42.0 Å². The van der Waals surface area contributed by atoms with E-state index in [0.29, 0.717) is 38.5 Å². The van der Waals surface area contributed by atoms with Gasteiger partial charge in [0, 0.05) is 38.5 Å². The fourth-order valence-corrected chi connectivity index (χ4v) is 3.76. The van der Waals surface area contributed by atoms with E-state index >= 15 is 0 Å². The van der Waals surface area contributed by atoms with Gasteiger partial charge in [-0.25, -0.2) is 0 Å². The second-order valence-electron chi connectivity index (χ2n) is 7.04. The zero-order valence-corrected chi connectivity index (χ0v) is 14.9. The molecular formula is C21H28N2O2. The van der Waals surface area contributed by atoms with Crippen molar-refractivity contribution in [1.82, 2.24) is 9.80 Å². The molecule has 2 aliphatic rings. The molecule has 0 aromatic heterocycles. The van der Waals surface area contributed by atoms with Crippen LogP contribution in [0.25, 0.3) is 6.08 Å². The molecule has 0 spiro atoms. The molecule has 2 fully saturated rings. The molecule has 1 saturated carbocycles. The van der Waals surface area contributed by atoms with Crippen LogP contribution in [0, 0.1) is 5.92 Å². The van der Waals surface area contributed by atoms with Gasteiger partial charge in [-0.15, -0.1) is 0 Å². The van der Waals surface area contributed by atoms with Gasteiger partial charge in [0.15, 0.2) is 0 Å². The lowest BCUT2D eigenvalue weighted by molar-refractivity contribution is -0.142. The number of carbonyl (C=O) groups excluding carboxylic acids is 2. The third-order valence-electron chi connectivity index (χ3n) is 5.28. The second-order valence-corrected chi connectivity index (χ2v) is 7.04. The highest BCUT2D eigenvalue weighted by molar-refractivity contribution is 5.80. The van der Waals surface area contributed by atoms with Crippen LogP contribution in [0.15, 0.2) is 36.4 Å². The Morgan fingerprint density at radius 1 is 0.960 bits per heavy atom. The number of hydrogen-bond acceptors (Lipinski definition) is 2. The van der Waals surface area contributed by atoms with E-state index in [4.69, 9.17) is 0 Å². The molecule has 4 heteroatoms. The molecule has 134 valence electrons. The summed E-state index contributed by atoms with van der Waals surface area (Å²) in [4.78, 5) is 28.6. The first-order chi connectivity index (χ1) is 12.2. The summed E-state index contributed by atoms with van der Waals surface area (Å²) in [5.41, 5.74) is 1.16. The molecule has 0 radical (unpaired) electrons. The lowest BCUT2D eigenvalue weighted by atomic mass is 10.1. The average molecular weight is 340 g/mol. The molecule has 0 bridgehead atoms. The minimum Gasteiger partial charge on any atom is -0.339 e. The number of piperazine rings is 1. The molecule has 1 saturated heterocycles. The molecule has 1 heterocycles. The Morgan fingerprint density at radius 2 is 1.60 bits per heavy atom. The Hall–Kier alpha value is -2.10. The molecule has 0 N–H and O–H groups in total. The molecule has 2 amide bonds. The van der Waals surface area contributed by atoms with Crippen molar-refractivity contribution < 1.29 is 9.59 Å². The van der Waals surface area contributed by atoms with Gasteiger partial charge in [0.25, 0.3) is 0 Å². The number of benzene rings is 1. The van der Waals surface area contributed by atoms with E-state index in [1.807, 2.05) is 28.0 Å². The maximum absolute atomic E-state index is 12.4. The van der Waals surface area contributed by atoms with Crippen LogP contribution in [-0.2, 0) is 9.59 Å². The molecule has 0 atom stereocenters. The van der Waals surface area contributed by atoms with Gasteiger partial charge < -0.3 is 9.80 Å². The smallest absolute Gasteiger partial charge is 0.225 e. The summed E-state index contributed by atoms with van der Waals surface area (Å²) >= 11 is 0. The Bertz CT molecular complexity index is 598. The van der Waals surface area contributed by atoms with E-state index < -0.39 is 0 Å². The van der Waals surface area contributed by atoms with Gasteiger partial charge in [-0.2, -0.15) is 0 Å². The Balaban J connectivity index is 1.38. The van der Waals surface area contributed by atoms with Gasteiger partial charge in [-0.3, -0.25) is 9.59 Å². The molecule has 1 aliphatic carbocycles. The first-order valence-corrected chi connectivity index (χ1v) is 9.52. The van der Waals surface area contributed by atoms with Crippen molar-refractivity contribution in [3.8, 4) is 0 Å². The van der Waals surface area contributed by atoms with Crippen LogP contribution in [0.5, 0.6) is 0 Å². The van der Waals surface area contributed by atoms with Crippen LogP contribution in [0.2, 0.25) is 0 Å². The molecule has 1 aliphatic heterocycles. The predicted octanol–water partition coefficient (Wildman–Crippen LogP) is 3.34. The monoisotopic (exact) mass is 340 g/mol. The van der Waals surface area contributed by atoms with Crippen LogP contribution < -0.4 is 0 Å². The van der Waals surface area contributed by atoms with Crippen molar-refractivity contribution in [1.29, 1.82) is 0 Å². The quantitative estimate of drug-likeness (QED) is 0.825. The molecule has 3 rings (SSSR count). The summed E-state index contributed by atoms with van der Waals surface area (Å²) < 4.78 is 0. The molecule has 4 nitrogen and oxygen atoms in total. The largest absolute Gasteiger partial charge is 0.339 e. The normalized spacial score (nSPS) is 18.9. The number of rotatable bonds is 5. The van der Waals surface area contributed by atoms with Gasteiger partial charge in [0.05, 0.1) is 0 Å². The average Bonchev–Trinajstić information content (AvgIpc) is 3.20. The van der Waals surface area contributed by atoms with Crippen molar-refractivity contribution in [2.45, 2.75) is 38.5 Å². The fraction of sp³-hybridized carbons (Fsp3) is 0.524. The number of allylic oxidation sites excluding steroid dienone is 1. The Kier molecular flexibility index (Phi) is 6.26. The van der Waals surface area contributed by atoms with Crippen LogP contribution in [0.3, 0.4) is 0 Å². The van der Waals surface area contributed by atoms with Crippen LogP contribution in [0.4, 0.5) is 0 Å². The van der Waals surface area contributed by atoms with Gasteiger partial charge in [-0.05, 0) is 24.8 Å². The van der Waals surface area contributed by atoms with Crippen molar-refractivity contribution >= 4 is 17.9 Å². The lowest BCUT2D eigenvalue weighted by Gasteiger charge is -2.36. The maximum atomic E-state index is 12.4. The summed E-state index contributed by atoms with van der Waals surface area (Å²) in [6, 6.07) is 10.1. The molecule has 25 heavy (non-hydrogen) atoms. The minimum atomic E-state index is 0.200. The van der Waals surface area contributed by atoms with Gasteiger partial charge in [0.2, 0.25) is 11.8 Å². The molecule has 1 aromatic carbocycles. The summed E-state index contributed by atoms with van der Waals surface area (Å²) in [6.45, 7) is 2.75. The first-order valence-electron chi connectivity index (χ1n) is 9.52. The van der Waals surface area contributed by atoms with Crippen molar-refractivity contribution in [2.75, 3.05) is 26.2 Å².